The van der Waals surface area contributed by atoms with Crippen molar-refractivity contribution in [3.05, 3.63) is 47.5 Å². The molecule has 0 bridgehead atoms. The first-order valence-electron chi connectivity index (χ1n) is 9.89. The van der Waals surface area contributed by atoms with Gasteiger partial charge in [0.05, 0.1) is 12.8 Å². The summed E-state index contributed by atoms with van der Waals surface area (Å²) in [5, 5.41) is 3.21. The van der Waals surface area contributed by atoms with Crippen LogP contribution in [0.1, 0.15) is 23.5 Å². The number of ether oxygens (including phenoxy) is 1. The van der Waals surface area contributed by atoms with Crippen LogP contribution in [-0.2, 0) is 12.8 Å². The summed E-state index contributed by atoms with van der Waals surface area (Å²) in [6, 6.07) is 8.21. The summed E-state index contributed by atoms with van der Waals surface area (Å²) in [7, 11) is 1.69. The lowest BCUT2D eigenvalue weighted by atomic mass is 9.93. The van der Waals surface area contributed by atoms with Gasteiger partial charge in [-0.2, -0.15) is 0 Å². The quantitative estimate of drug-likeness (QED) is 0.883. The van der Waals surface area contributed by atoms with Gasteiger partial charge in [0.1, 0.15) is 11.6 Å². The summed E-state index contributed by atoms with van der Waals surface area (Å²) < 4.78 is 5.46. The van der Waals surface area contributed by atoms with E-state index in [1.54, 1.807) is 7.11 Å². The molecule has 0 saturated carbocycles. The average molecular weight is 381 g/mol. The predicted molar refractivity (Wildman–Crippen MR) is 108 cm³/mol. The minimum atomic E-state index is 0.0288. The minimum absolute atomic E-state index is 0.0288. The Morgan fingerprint density at radius 2 is 2.00 bits per heavy atom. The van der Waals surface area contributed by atoms with Crippen LogP contribution in [0.25, 0.3) is 0 Å². The van der Waals surface area contributed by atoms with Gasteiger partial charge < -0.3 is 19.9 Å². The third-order valence-corrected chi connectivity index (χ3v) is 5.59. The van der Waals surface area contributed by atoms with Gasteiger partial charge in [-0.05, 0) is 43.9 Å². The molecular formula is C21H27N5O2. The number of aromatic nitrogens is 2. The van der Waals surface area contributed by atoms with E-state index in [0.29, 0.717) is 13.1 Å². The maximum atomic E-state index is 12.7. The van der Waals surface area contributed by atoms with Crippen LogP contribution in [0.4, 0.5) is 10.5 Å². The summed E-state index contributed by atoms with van der Waals surface area (Å²) >= 11 is 0. The van der Waals surface area contributed by atoms with Crippen molar-refractivity contribution in [2.45, 2.75) is 32.2 Å². The van der Waals surface area contributed by atoms with Crippen molar-refractivity contribution in [2.24, 2.45) is 0 Å². The Bertz CT molecular complexity index is 848. The number of carbonyl (C=O) groups excluding carboxylic acids is 1. The van der Waals surface area contributed by atoms with Gasteiger partial charge in [-0.3, -0.25) is 0 Å². The molecule has 1 aliphatic heterocycles. The van der Waals surface area contributed by atoms with Crippen LogP contribution in [0.5, 0.6) is 5.75 Å². The second kappa shape index (κ2) is 8.04. The Balaban J connectivity index is 1.32. The summed E-state index contributed by atoms with van der Waals surface area (Å²) in [5.41, 5.74) is 3.37. The molecule has 1 aromatic carbocycles. The molecule has 1 saturated heterocycles. The monoisotopic (exact) mass is 381 g/mol. The average Bonchev–Trinajstić information content (AvgIpc) is 2.74. The lowest BCUT2D eigenvalue weighted by Crippen LogP contribution is -2.54. The highest BCUT2D eigenvalue weighted by Crippen LogP contribution is 2.28. The van der Waals surface area contributed by atoms with E-state index in [9.17, 15) is 4.79 Å². The second-order valence-corrected chi connectivity index (χ2v) is 7.42. The predicted octanol–water partition coefficient (Wildman–Crippen LogP) is 2.18. The molecule has 7 nitrogen and oxygen atoms in total. The Morgan fingerprint density at radius 3 is 2.79 bits per heavy atom. The first-order valence-corrected chi connectivity index (χ1v) is 9.89. The molecule has 148 valence electrons. The number of aryl methyl sites for hydroxylation is 2. The Morgan fingerprint density at radius 1 is 1.21 bits per heavy atom. The molecule has 1 fully saturated rings. The number of carbonyl (C=O) groups is 1. The highest BCUT2D eigenvalue weighted by molar-refractivity contribution is 5.75. The van der Waals surface area contributed by atoms with E-state index < -0.39 is 0 Å². The van der Waals surface area contributed by atoms with Crippen molar-refractivity contribution >= 4 is 11.7 Å². The van der Waals surface area contributed by atoms with Crippen LogP contribution in [0.15, 0.2) is 30.5 Å². The Kier molecular flexibility index (Phi) is 5.32. The summed E-state index contributed by atoms with van der Waals surface area (Å²) in [4.78, 5) is 25.7. The number of nitrogens with one attached hydrogen (secondary N) is 1. The van der Waals surface area contributed by atoms with Crippen molar-refractivity contribution in [2.75, 3.05) is 38.2 Å². The Hall–Kier alpha value is -2.83. The summed E-state index contributed by atoms with van der Waals surface area (Å²) in [6.45, 7) is 4.92. The number of methoxy groups -OCH3 is 1. The fraction of sp³-hybridized carbons (Fsp3) is 0.476. The summed E-state index contributed by atoms with van der Waals surface area (Å²) in [5.74, 6) is 1.69. The largest absolute Gasteiger partial charge is 0.495 e. The van der Waals surface area contributed by atoms with Gasteiger partial charge in [0.25, 0.3) is 0 Å². The molecule has 1 atom stereocenters. The minimum Gasteiger partial charge on any atom is -0.495 e. The maximum Gasteiger partial charge on any atom is 0.317 e. The van der Waals surface area contributed by atoms with E-state index in [4.69, 9.17) is 4.74 Å². The zero-order chi connectivity index (χ0) is 19.5. The number of anilines is 1. The topological polar surface area (TPSA) is 70.6 Å². The molecule has 7 heteroatoms. The lowest BCUT2D eigenvalue weighted by Gasteiger charge is -2.37. The molecule has 2 amide bonds. The van der Waals surface area contributed by atoms with Crippen molar-refractivity contribution in [1.82, 2.24) is 20.2 Å². The molecule has 4 rings (SSSR count). The SMILES string of the molecule is COc1ccccc1N1CCN(C(=O)NC2CCc3nc(C)ncc3C2)CC1. The van der Waals surface area contributed by atoms with E-state index in [1.807, 2.05) is 36.2 Å². The van der Waals surface area contributed by atoms with Crippen LogP contribution in [-0.4, -0.2) is 60.2 Å². The number of fused-ring (bicyclic) bond motifs is 1. The third kappa shape index (κ3) is 3.88. The number of rotatable bonds is 3. The fourth-order valence-electron chi connectivity index (χ4n) is 4.04. The number of hydrogen-bond donors (Lipinski definition) is 1. The molecule has 2 aromatic rings. The molecule has 2 aliphatic rings. The van der Waals surface area contributed by atoms with Crippen LogP contribution >= 0.6 is 0 Å². The Labute approximate surface area is 165 Å². The highest BCUT2D eigenvalue weighted by Gasteiger charge is 2.26. The zero-order valence-electron chi connectivity index (χ0n) is 16.5. The van der Waals surface area contributed by atoms with E-state index in [1.165, 1.54) is 0 Å². The molecule has 1 aliphatic carbocycles. The van der Waals surface area contributed by atoms with Crippen molar-refractivity contribution in [3.8, 4) is 5.75 Å². The standard InChI is InChI=1S/C21H27N5O2/c1-15-22-14-16-13-17(7-8-18(16)23-15)24-21(27)26-11-9-25(10-12-26)19-5-3-4-6-20(19)28-2/h3-6,14,17H,7-13H2,1-2H3,(H,24,27). The van der Waals surface area contributed by atoms with Gasteiger partial charge in [0.2, 0.25) is 0 Å². The van der Waals surface area contributed by atoms with Gasteiger partial charge in [0.15, 0.2) is 0 Å². The number of urea groups is 1. The first-order chi connectivity index (χ1) is 13.6. The number of para-hydroxylation sites is 2. The fourth-order valence-corrected chi connectivity index (χ4v) is 4.04. The number of hydrogen-bond acceptors (Lipinski definition) is 5. The second-order valence-electron chi connectivity index (χ2n) is 7.42. The molecule has 1 unspecified atom stereocenters. The van der Waals surface area contributed by atoms with Crippen molar-refractivity contribution < 1.29 is 9.53 Å². The van der Waals surface area contributed by atoms with Gasteiger partial charge >= 0.3 is 6.03 Å². The van der Waals surface area contributed by atoms with E-state index in [-0.39, 0.29) is 12.1 Å². The summed E-state index contributed by atoms with van der Waals surface area (Å²) in [6.07, 6.45) is 4.53. The van der Waals surface area contributed by atoms with Gasteiger partial charge in [0, 0.05) is 44.1 Å². The lowest BCUT2D eigenvalue weighted by molar-refractivity contribution is 0.189. The smallest absolute Gasteiger partial charge is 0.317 e. The first kappa shape index (κ1) is 18.5. The number of amides is 2. The maximum absolute atomic E-state index is 12.7. The van der Waals surface area contributed by atoms with Gasteiger partial charge in [-0.15, -0.1) is 0 Å². The van der Waals surface area contributed by atoms with Gasteiger partial charge in [-0.1, -0.05) is 12.1 Å². The van der Waals surface area contributed by atoms with E-state index in [2.05, 4.69) is 26.3 Å². The van der Waals surface area contributed by atoms with E-state index >= 15 is 0 Å². The van der Waals surface area contributed by atoms with E-state index in [0.717, 1.165) is 60.9 Å². The highest BCUT2D eigenvalue weighted by atomic mass is 16.5. The van der Waals surface area contributed by atoms with Gasteiger partial charge in [-0.25, -0.2) is 14.8 Å². The van der Waals surface area contributed by atoms with Crippen LogP contribution in [0.2, 0.25) is 0 Å². The number of piperazine rings is 1. The number of benzene rings is 1. The van der Waals surface area contributed by atoms with Crippen molar-refractivity contribution in [1.29, 1.82) is 0 Å². The van der Waals surface area contributed by atoms with Crippen molar-refractivity contribution in [3.63, 3.8) is 0 Å². The molecular weight excluding hydrogens is 354 g/mol. The molecule has 1 N–H and O–H groups in total. The molecule has 28 heavy (non-hydrogen) atoms. The molecule has 0 radical (unpaired) electrons. The molecule has 0 spiro atoms. The van der Waals surface area contributed by atoms with Crippen LogP contribution < -0.4 is 15.0 Å². The third-order valence-electron chi connectivity index (χ3n) is 5.59. The molecule has 2 heterocycles. The molecule has 1 aromatic heterocycles. The van der Waals surface area contributed by atoms with Crippen LogP contribution in [0.3, 0.4) is 0 Å². The normalized spacial score (nSPS) is 19.1. The zero-order valence-corrected chi connectivity index (χ0v) is 16.5. The van der Waals surface area contributed by atoms with Crippen LogP contribution in [0, 0.1) is 6.92 Å². The number of nitrogens with zero attached hydrogens (tertiary/aromatic N) is 4.